The lowest BCUT2D eigenvalue weighted by Gasteiger charge is -2.16. The van der Waals surface area contributed by atoms with Gasteiger partial charge < -0.3 is 25.8 Å². The lowest BCUT2D eigenvalue weighted by atomic mass is 10.1. The van der Waals surface area contributed by atoms with Crippen molar-refractivity contribution in [2.75, 3.05) is 12.3 Å². The number of aromatic nitrogens is 4. The Morgan fingerprint density at radius 1 is 1.35 bits per heavy atom. The Kier molecular flexibility index (Phi) is 3.50. The summed E-state index contributed by atoms with van der Waals surface area (Å²) in [6.07, 6.45) is -2.71. The van der Waals surface area contributed by atoms with Crippen LogP contribution in [0.15, 0.2) is 6.33 Å². The van der Waals surface area contributed by atoms with E-state index < -0.39 is 31.1 Å². The summed E-state index contributed by atoms with van der Waals surface area (Å²) in [7, 11) is 0. The number of ether oxygens (including phenoxy) is 1. The average molecular weight is 393 g/mol. The number of rotatable bonds is 2. The van der Waals surface area contributed by atoms with Crippen LogP contribution < -0.4 is 5.73 Å². The second-order valence-corrected chi connectivity index (χ2v) is 5.40. The lowest BCUT2D eigenvalue weighted by Crippen LogP contribution is -2.33. The van der Waals surface area contributed by atoms with Crippen LogP contribution in [0.5, 0.6) is 0 Å². The lowest BCUT2D eigenvalue weighted by molar-refractivity contribution is -0.0511. The van der Waals surface area contributed by atoms with Gasteiger partial charge in [-0.15, -0.1) is 0 Å². The zero-order valence-electron chi connectivity index (χ0n) is 10.1. The molecule has 9 nitrogen and oxygen atoms in total. The molecule has 3 rings (SSSR count). The van der Waals surface area contributed by atoms with Crippen molar-refractivity contribution in [3.8, 4) is 0 Å². The first-order chi connectivity index (χ1) is 9.52. The molecule has 0 aliphatic carbocycles. The minimum atomic E-state index is -1.20. The topological polar surface area (TPSA) is 140 Å². The molecule has 1 aliphatic heterocycles. The van der Waals surface area contributed by atoms with E-state index in [0.29, 0.717) is 15.0 Å². The van der Waals surface area contributed by atoms with Crippen LogP contribution in [0.25, 0.3) is 11.2 Å². The first-order valence-electron chi connectivity index (χ1n) is 5.81. The second kappa shape index (κ2) is 5.04. The van der Waals surface area contributed by atoms with Crippen LogP contribution in [-0.4, -0.2) is 59.8 Å². The minimum Gasteiger partial charge on any atom is -0.394 e. The number of aliphatic hydroxyl groups is 3. The van der Waals surface area contributed by atoms with Crippen LogP contribution >= 0.6 is 22.6 Å². The zero-order chi connectivity index (χ0) is 14.4. The number of anilines is 1. The maximum Gasteiger partial charge on any atom is 0.194 e. The van der Waals surface area contributed by atoms with Crippen molar-refractivity contribution in [3.63, 3.8) is 0 Å². The third kappa shape index (κ3) is 2.03. The number of halogens is 1. The zero-order valence-corrected chi connectivity index (χ0v) is 12.2. The van der Waals surface area contributed by atoms with E-state index in [2.05, 4.69) is 15.0 Å². The largest absolute Gasteiger partial charge is 0.394 e. The molecule has 10 heteroatoms. The molecule has 20 heavy (non-hydrogen) atoms. The van der Waals surface area contributed by atoms with Gasteiger partial charge in [0.15, 0.2) is 21.5 Å². The van der Waals surface area contributed by atoms with Crippen LogP contribution in [0.1, 0.15) is 6.23 Å². The number of hydrogen-bond donors (Lipinski definition) is 4. The third-order valence-corrected chi connectivity index (χ3v) is 3.69. The quantitative estimate of drug-likeness (QED) is 0.362. The van der Waals surface area contributed by atoms with Gasteiger partial charge in [0.05, 0.1) is 12.9 Å². The molecule has 5 N–H and O–H groups in total. The van der Waals surface area contributed by atoms with Gasteiger partial charge in [0.1, 0.15) is 23.8 Å². The van der Waals surface area contributed by atoms with Crippen molar-refractivity contribution in [2.45, 2.75) is 24.5 Å². The molecular weight excluding hydrogens is 381 g/mol. The van der Waals surface area contributed by atoms with Gasteiger partial charge in [-0.3, -0.25) is 4.57 Å². The van der Waals surface area contributed by atoms with E-state index in [0.717, 1.165) is 0 Å². The molecule has 2 aromatic heterocycles. The standard InChI is InChI=1S/C10H12IN5O4/c11-10-14-7(12)4-8(15-10)16(2-13-4)9-6(19)5(18)3(1-17)20-9/h2-3,5-6,9,17-19H,1H2,(H2,12,14,15)/t3-,5+,6-,9-/m0/s1. The molecule has 2 aromatic rings. The highest BCUT2D eigenvalue weighted by Gasteiger charge is 2.44. The normalized spacial score (nSPS) is 30.2. The summed E-state index contributed by atoms with van der Waals surface area (Å²) in [4.78, 5) is 12.3. The highest BCUT2D eigenvalue weighted by atomic mass is 127. The van der Waals surface area contributed by atoms with Gasteiger partial charge in [-0.2, -0.15) is 0 Å². The predicted octanol–water partition coefficient (Wildman–Crippen LogP) is -1.38. The van der Waals surface area contributed by atoms with Crippen molar-refractivity contribution < 1.29 is 20.1 Å². The van der Waals surface area contributed by atoms with E-state index >= 15 is 0 Å². The number of aliphatic hydroxyl groups excluding tert-OH is 3. The van der Waals surface area contributed by atoms with Crippen LogP contribution in [0.4, 0.5) is 5.82 Å². The summed E-state index contributed by atoms with van der Waals surface area (Å²) in [5.41, 5.74) is 6.55. The SMILES string of the molecule is Nc1nc(I)nc2c1ncn2[C@H]1O[C@@H](CO)[C@@H](O)[C@@H]1O. The van der Waals surface area contributed by atoms with Crippen molar-refractivity contribution in [2.24, 2.45) is 0 Å². The molecule has 0 amide bonds. The van der Waals surface area contributed by atoms with Crippen LogP contribution in [0.2, 0.25) is 0 Å². The molecule has 0 bridgehead atoms. The second-order valence-electron chi connectivity index (χ2n) is 4.43. The molecular formula is C10H12IN5O4. The summed E-state index contributed by atoms with van der Waals surface area (Å²) < 4.78 is 7.34. The summed E-state index contributed by atoms with van der Waals surface area (Å²) in [6.45, 7) is -0.393. The van der Waals surface area contributed by atoms with Gasteiger partial charge in [0.2, 0.25) is 0 Å². The molecule has 1 saturated heterocycles. The average Bonchev–Trinajstić information content (AvgIpc) is 2.93. The Morgan fingerprint density at radius 3 is 2.75 bits per heavy atom. The molecule has 3 heterocycles. The highest BCUT2D eigenvalue weighted by Crippen LogP contribution is 2.31. The number of fused-ring (bicyclic) bond motifs is 1. The third-order valence-electron chi connectivity index (χ3n) is 3.21. The van der Waals surface area contributed by atoms with Gasteiger partial charge in [-0.1, -0.05) is 0 Å². The number of nitrogens with zero attached hydrogens (tertiary/aromatic N) is 4. The fourth-order valence-corrected chi connectivity index (χ4v) is 2.70. The van der Waals surface area contributed by atoms with Crippen molar-refractivity contribution in [3.05, 3.63) is 10.2 Å². The van der Waals surface area contributed by atoms with E-state index in [1.165, 1.54) is 10.9 Å². The maximum absolute atomic E-state index is 10.0. The first-order valence-corrected chi connectivity index (χ1v) is 6.88. The van der Waals surface area contributed by atoms with Crippen molar-refractivity contribution in [1.82, 2.24) is 19.5 Å². The molecule has 0 aromatic carbocycles. The molecule has 4 atom stereocenters. The number of hydrogen-bond acceptors (Lipinski definition) is 8. The Balaban J connectivity index is 2.07. The fourth-order valence-electron chi connectivity index (χ4n) is 2.21. The monoisotopic (exact) mass is 393 g/mol. The number of nitrogen functional groups attached to an aromatic ring is 1. The molecule has 1 aliphatic rings. The number of nitrogens with two attached hydrogens (primary N) is 1. The van der Waals surface area contributed by atoms with E-state index in [4.69, 9.17) is 15.6 Å². The van der Waals surface area contributed by atoms with E-state index in [-0.39, 0.29) is 5.82 Å². The minimum absolute atomic E-state index is 0.227. The Labute approximate surface area is 126 Å². The van der Waals surface area contributed by atoms with E-state index in [9.17, 15) is 10.2 Å². The molecule has 0 radical (unpaired) electrons. The highest BCUT2D eigenvalue weighted by molar-refractivity contribution is 14.1. The molecule has 0 spiro atoms. The first kappa shape index (κ1) is 13.9. The van der Waals surface area contributed by atoms with Crippen molar-refractivity contribution in [1.29, 1.82) is 0 Å². The number of imidazole rings is 1. The van der Waals surface area contributed by atoms with E-state index in [1.807, 2.05) is 22.6 Å². The van der Waals surface area contributed by atoms with Gasteiger partial charge in [0, 0.05) is 22.6 Å². The van der Waals surface area contributed by atoms with Crippen LogP contribution in [0.3, 0.4) is 0 Å². The van der Waals surface area contributed by atoms with Crippen LogP contribution in [0, 0.1) is 3.83 Å². The summed E-state index contributed by atoms with van der Waals surface area (Å²) >= 11 is 1.92. The molecule has 0 saturated carbocycles. The molecule has 1 fully saturated rings. The molecule has 108 valence electrons. The van der Waals surface area contributed by atoms with Crippen molar-refractivity contribution >= 4 is 39.6 Å². The Bertz CT molecular complexity index is 650. The Hall–Kier alpha value is -1.08. The fraction of sp³-hybridized carbons (Fsp3) is 0.500. The maximum atomic E-state index is 10.0. The van der Waals surface area contributed by atoms with Gasteiger partial charge >= 0.3 is 0 Å². The summed E-state index contributed by atoms with van der Waals surface area (Å²) in [6, 6.07) is 0. The van der Waals surface area contributed by atoms with Gasteiger partial charge in [-0.25, -0.2) is 15.0 Å². The molecule has 0 unspecified atom stereocenters. The Morgan fingerprint density at radius 2 is 2.10 bits per heavy atom. The van der Waals surface area contributed by atoms with Gasteiger partial charge in [0.25, 0.3) is 0 Å². The van der Waals surface area contributed by atoms with Crippen LogP contribution in [-0.2, 0) is 4.74 Å². The van der Waals surface area contributed by atoms with E-state index in [1.54, 1.807) is 0 Å². The van der Waals surface area contributed by atoms with Gasteiger partial charge in [-0.05, 0) is 0 Å². The summed E-state index contributed by atoms with van der Waals surface area (Å²) in [5, 5.41) is 28.9. The summed E-state index contributed by atoms with van der Waals surface area (Å²) in [5.74, 6) is 0.227. The smallest absolute Gasteiger partial charge is 0.194 e. The predicted molar refractivity (Wildman–Crippen MR) is 75.5 cm³/mol.